The van der Waals surface area contributed by atoms with Gasteiger partial charge in [0.05, 0.1) is 19.3 Å². The Morgan fingerprint density at radius 2 is 1.73 bits per heavy atom. The molecule has 2 aliphatic heterocycles. The molecule has 2 heterocycles. The molecule has 4 unspecified atom stereocenters. The summed E-state index contributed by atoms with van der Waals surface area (Å²) in [6.45, 7) is 6.66. The Labute approximate surface area is 224 Å². The lowest BCUT2D eigenvalue weighted by molar-refractivity contribution is -0.316. The van der Waals surface area contributed by atoms with E-state index in [2.05, 4.69) is 32.1 Å². The number of hydrogen-bond acceptors (Lipinski definition) is 5. The highest BCUT2D eigenvalue weighted by Crippen LogP contribution is 2.50. The third kappa shape index (κ3) is 8.39. The molecule has 0 aromatic heterocycles. The number of carboxylic acids is 1. The summed E-state index contributed by atoms with van der Waals surface area (Å²) in [6.07, 6.45) is 23.3. The third-order valence-electron chi connectivity index (χ3n) is 8.77. The SMILES string of the molecule is CC1(C)COC2(CCC(/C=C/C(OC3CCCCO3)C3CCCCC3)C2CC/C=C\CCC(=O)O)OC1. The fourth-order valence-electron chi connectivity index (χ4n) is 6.56. The molecule has 0 amide bonds. The van der Waals surface area contributed by atoms with Crippen LogP contribution in [0.3, 0.4) is 0 Å². The summed E-state index contributed by atoms with van der Waals surface area (Å²) in [7, 11) is 0. The van der Waals surface area contributed by atoms with E-state index in [0.717, 1.165) is 58.3 Å². The minimum Gasteiger partial charge on any atom is -0.481 e. The highest BCUT2D eigenvalue weighted by molar-refractivity contribution is 5.66. The molecule has 2 saturated carbocycles. The van der Waals surface area contributed by atoms with E-state index in [1.54, 1.807) is 0 Å². The maximum atomic E-state index is 10.8. The molecule has 37 heavy (non-hydrogen) atoms. The van der Waals surface area contributed by atoms with E-state index in [9.17, 15) is 4.79 Å². The van der Waals surface area contributed by atoms with Crippen LogP contribution < -0.4 is 0 Å². The molecule has 6 nitrogen and oxygen atoms in total. The van der Waals surface area contributed by atoms with Crippen molar-refractivity contribution in [1.29, 1.82) is 0 Å². The summed E-state index contributed by atoms with van der Waals surface area (Å²) in [5.41, 5.74) is 0.0420. The first-order valence-electron chi connectivity index (χ1n) is 15.0. The summed E-state index contributed by atoms with van der Waals surface area (Å²) >= 11 is 0. The van der Waals surface area contributed by atoms with Gasteiger partial charge in [0, 0.05) is 30.8 Å². The fraction of sp³-hybridized carbons (Fsp3) is 0.839. The Morgan fingerprint density at radius 3 is 2.43 bits per heavy atom. The molecule has 2 aliphatic carbocycles. The summed E-state index contributed by atoms with van der Waals surface area (Å²) < 4.78 is 25.6. The lowest BCUT2D eigenvalue weighted by Crippen LogP contribution is -2.50. The zero-order valence-electron chi connectivity index (χ0n) is 23.2. The number of carboxylic acid groups (broad SMARTS) is 1. The topological polar surface area (TPSA) is 74.2 Å². The van der Waals surface area contributed by atoms with Gasteiger partial charge in [-0.25, -0.2) is 0 Å². The molecule has 4 aliphatic rings. The van der Waals surface area contributed by atoms with Gasteiger partial charge in [-0.3, -0.25) is 4.79 Å². The Balaban J connectivity index is 1.44. The van der Waals surface area contributed by atoms with Crippen molar-refractivity contribution < 1.29 is 28.8 Å². The molecule has 210 valence electrons. The normalized spacial score (nSPS) is 31.4. The van der Waals surface area contributed by atoms with Gasteiger partial charge in [-0.05, 0) is 69.6 Å². The van der Waals surface area contributed by atoms with E-state index < -0.39 is 11.8 Å². The monoisotopic (exact) mass is 518 g/mol. The predicted molar refractivity (Wildman–Crippen MR) is 144 cm³/mol. The standard InChI is InChI=1S/C31H50O6/c1-30(2)22-35-31(36-23-30)20-19-24(26(31)14-8-3-4-9-15-28(32)33)17-18-27(25-12-6-5-7-13-25)37-29-16-10-11-21-34-29/h3-4,17-18,24-27,29H,5-16,19-23H2,1-2H3,(H,32,33)/b4-3-,18-17+. The average Bonchev–Trinajstić information content (AvgIpc) is 3.23. The van der Waals surface area contributed by atoms with Crippen LogP contribution in [0.15, 0.2) is 24.3 Å². The molecule has 0 aromatic rings. The highest BCUT2D eigenvalue weighted by Gasteiger charge is 2.52. The number of ether oxygens (including phenoxy) is 4. The van der Waals surface area contributed by atoms with Crippen molar-refractivity contribution in [2.24, 2.45) is 23.2 Å². The first kappa shape index (κ1) is 28.8. The van der Waals surface area contributed by atoms with E-state index in [4.69, 9.17) is 24.1 Å². The van der Waals surface area contributed by atoms with E-state index in [0.29, 0.717) is 18.3 Å². The average molecular weight is 519 g/mol. The smallest absolute Gasteiger partial charge is 0.303 e. The van der Waals surface area contributed by atoms with Crippen molar-refractivity contribution in [3.05, 3.63) is 24.3 Å². The second-order valence-corrected chi connectivity index (χ2v) is 12.5. The summed E-state index contributed by atoms with van der Waals surface area (Å²) in [4.78, 5) is 10.8. The number of aliphatic carboxylic acids is 1. The first-order valence-corrected chi connectivity index (χ1v) is 15.0. The lowest BCUT2D eigenvalue weighted by Gasteiger charge is -2.45. The number of rotatable bonds is 11. The molecule has 1 spiro atoms. The van der Waals surface area contributed by atoms with Gasteiger partial charge in [-0.15, -0.1) is 0 Å². The van der Waals surface area contributed by atoms with Crippen LogP contribution in [0.2, 0.25) is 0 Å². The second kappa shape index (κ2) is 13.7. The molecule has 0 radical (unpaired) electrons. The molecule has 0 bridgehead atoms. The van der Waals surface area contributed by atoms with Crippen molar-refractivity contribution in [3.8, 4) is 0 Å². The van der Waals surface area contributed by atoms with Crippen LogP contribution in [-0.2, 0) is 23.7 Å². The number of hydrogen-bond donors (Lipinski definition) is 1. The molecule has 0 aromatic carbocycles. The molecule has 4 atom stereocenters. The van der Waals surface area contributed by atoms with Crippen LogP contribution in [0.25, 0.3) is 0 Å². The molecule has 4 rings (SSSR count). The van der Waals surface area contributed by atoms with E-state index in [1.165, 1.54) is 38.5 Å². The van der Waals surface area contributed by atoms with Crippen LogP contribution in [0.5, 0.6) is 0 Å². The second-order valence-electron chi connectivity index (χ2n) is 12.5. The Morgan fingerprint density at radius 1 is 1.00 bits per heavy atom. The van der Waals surface area contributed by atoms with E-state index in [1.807, 2.05) is 6.08 Å². The van der Waals surface area contributed by atoms with Gasteiger partial charge in [-0.1, -0.05) is 57.4 Å². The first-order chi connectivity index (χ1) is 17.9. The van der Waals surface area contributed by atoms with Crippen LogP contribution in [0.1, 0.15) is 104 Å². The van der Waals surface area contributed by atoms with Crippen LogP contribution in [0, 0.1) is 23.2 Å². The van der Waals surface area contributed by atoms with Crippen LogP contribution in [0.4, 0.5) is 0 Å². The van der Waals surface area contributed by atoms with Gasteiger partial charge >= 0.3 is 5.97 Å². The fourth-order valence-corrected chi connectivity index (χ4v) is 6.56. The minimum atomic E-state index is -0.746. The zero-order valence-corrected chi connectivity index (χ0v) is 23.2. The van der Waals surface area contributed by atoms with Crippen molar-refractivity contribution in [1.82, 2.24) is 0 Å². The van der Waals surface area contributed by atoms with Crippen LogP contribution >= 0.6 is 0 Å². The molecule has 1 N–H and O–H groups in total. The van der Waals surface area contributed by atoms with Gasteiger partial charge in [0.25, 0.3) is 0 Å². The van der Waals surface area contributed by atoms with Gasteiger partial charge in [0.15, 0.2) is 12.1 Å². The Kier molecular flexibility index (Phi) is 10.7. The maximum absolute atomic E-state index is 10.8. The van der Waals surface area contributed by atoms with Gasteiger partial charge in [0.1, 0.15) is 0 Å². The van der Waals surface area contributed by atoms with Crippen LogP contribution in [-0.4, -0.2) is 49.1 Å². The van der Waals surface area contributed by atoms with Gasteiger partial charge < -0.3 is 24.1 Å². The number of allylic oxidation sites excluding steroid dienone is 3. The van der Waals surface area contributed by atoms with Gasteiger partial charge in [0.2, 0.25) is 0 Å². The Bertz CT molecular complexity index is 752. The molecule has 4 fully saturated rings. The maximum Gasteiger partial charge on any atom is 0.303 e. The quantitative estimate of drug-likeness (QED) is 0.296. The summed E-state index contributed by atoms with van der Waals surface area (Å²) in [5.74, 6) is -0.0146. The molecule has 2 saturated heterocycles. The summed E-state index contributed by atoms with van der Waals surface area (Å²) in [5, 5.41) is 8.89. The number of carbonyl (C=O) groups is 1. The molecule has 6 heteroatoms. The highest BCUT2D eigenvalue weighted by atomic mass is 16.7. The third-order valence-corrected chi connectivity index (χ3v) is 8.77. The zero-order chi connectivity index (χ0) is 26.1. The molecular formula is C31H50O6. The van der Waals surface area contributed by atoms with E-state index >= 15 is 0 Å². The molecular weight excluding hydrogens is 468 g/mol. The summed E-state index contributed by atoms with van der Waals surface area (Å²) in [6, 6.07) is 0. The van der Waals surface area contributed by atoms with E-state index in [-0.39, 0.29) is 30.1 Å². The lowest BCUT2D eigenvalue weighted by atomic mass is 9.83. The minimum absolute atomic E-state index is 0.0420. The van der Waals surface area contributed by atoms with Crippen molar-refractivity contribution in [2.75, 3.05) is 19.8 Å². The Hall–Kier alpha value is -1.21. The van der Waals surface area contributed by atoms with Crippen molar-refractivity contribution in [3.63, 3.8) is 0 Å². The van der Waals surface area contributed by atoms with Crippen molar-refractivity contribution in [2.45, 2.75) is 122 Å². The van der Waals surface area contributed by atoms with Crippen molar-refractivity contribution >= 4 is 5.97 Å². The largest absolute Gasteiger partial charge is 0.481 e. The predicted octanol–water partition coefficient (Wildman–Crippen LogP) is 7.03. The van der Waals surface area contributed by atoms with Gasteiger partial charge in [-0.2, -0.15) is 0 Å².